The number of nitrogens with one attached hydrogen (secondary N) is 1. The highest BCUT2D eigenvalue weighted by Gasteiger charge is 2.27. The standard InChI is InChI=1S/C11H16BrN3O/c1-7(5-13)14-11(16)10-4-8(12)6-15(10)9-2-3-9/h4,6-7,9H,2-3,5,13H2,1H3,(H,14,16). The van der Waals surface area contributed by atoms with E-state index >= 15 is 0 Å². The van der Waals surface area contributed by atoms with Gasteiger partial charge in [0.05, 0.1) is 0 Å². The van der Waals surface area contributed by atoms with E-state index in [1.54, 1.807) is 0 Å². The summed E-state index contributed by atoms with van der Waals surface area (Å²) in [5, 5.41) is 2.88. The molecule has 1 atom stereocenters. The van der Waals surface area contributed by atoms with Crippen molar-refractivity contribution in [2.45, 2.75) is 31.8 Å². The van der Waals surface area contributed by atoms with Crippen LogP contribution in [-0.4, -0.2) is 23.1 Å². The van der Waals surface area contributed by atoms with Crippen molar-refractivity contribution < 1.29 is 4.79 Å². The van der Waals surface area contributed by atoms with Crippen molar-refractivity contribution in [1.82, 2.24) is 9.88 Å². The molecule has 1 heterocycles. The van der Waals surface area contributed by atoms with Crippen molar-refractivity contribution in [3.63, 3.8) is 0 Å². The van der Waals surface area contributed by atoms with Gasteiger partial charge in [-0.05, 0) is 41.8 Å². The minimum atomic E-state index is -0.0458. The highest BCUT2D eigenvalue weighted by molar-refractivity contribution is 9.10. The maximum absolute atomic E-state index is 12.0. The second-order valence-corrected chi connectivity index (χ2v) is 5.21. The Hall–Kier alpha value is -0.810. The minimum absolute atomic E-state index is 0.00817. The van der Waals surface area contributed by atoms with Gasteiger partial charge in [-0.1, -0.05) is 0 Å². The molecule has 2 rings (SSSR count). The zero-order valence-corrected chi connectivity index (χ0v) is 10.8. The molecule has 1 unspecified atom stereocenters. The number of nitrogens with two attached hydrogens (primary N) is 1. The number of halogens is 1. The maximum atomic E-state index is 12.0. The van der Waals surface area contributed by atoms with Crippen LogP contribution in [0.3, 0.4) is 0 Å². The summed E-state index contributed by atoms with van der Waals surface area (Å²) in [4.78, 5) is 12.0. The smallest absolute Gasteiger partial charge is 0.268 e. The van der Waals surface area contributed by atoms with Gasteiger partial charge in [-0.15, -0.1) is 0 Å². The van der Waals surface area contributed by atoms with Crippen LogP contribution in [-0.2, 0) is 0 Å². The van der Waals surface area contributed by atoms with E-state index < -0.39 is 0 Å². The Kier molecular flexibility index (Phi) is 3.35. The number of amides is 1. The molecule has 4 nitrogen and oxygen atoms in total. The van der Waals surface area contributed by atoms with Crippen LogP contribution in [0.25, 0.3) is 0 Å². The highest BCUT2D eigenvalue weighted by Crippen LogP contribution is 2.37. The van der Waals surface area contributed by atoms with E-state index in [0.717, 1.165) is 23.0 Å². The summed E-state index contributed by atoms with van der Waals surface area (Å²) in [5.41, 5.74) is 6.20. The zero-order chi connectivity index (χ0) is 11.7. The Bertz CT molecular complexity index is 398. The van der Waals surface area contributed by atoms with Crippen LogP contribution in [0.4, 0.5) is 0 Å². The van der Waals surface area contributed by atoms with E-state index in [4.69, 9.17) is 5.73 Å². The first-order chi connectivity index (χ1) is 7.61. The Balaban J connectivity index is 2.15. The van der Waals surface area contributed by atoms with E-state index in [1.165, 1.54) is 0 Å². The lowest BCUT2D eigenvalue weighted by Gasteiger charge is -2.12. The quantitative estimate of drug-likeness (QED) is 0.884. The van der Waals surface area contributed by atoms with E-state index in [1.807, 2.05) is 23.8 Å². The topological polar surface area (TPSA) is 60.0 Å². The molecular formula is C11H16BrN3O. The van der Waals surface area contributed by atoms with Gasteiger partial charge in [0.25, 0.3) is 5.91 Å². The average molecular weight is 286 g/mol. The number of aromatic nitrogens is 1. The lowest BCUT2D eigenvalue weighted by atomic mass is 10.3. The molecule has 0 saturated heterocycles. The van der Waals surface area contributed by atoms with Crippen LogP contribution in [0.5, 0.6) is 0 Å². The fourth-order valence-electron chi connectivity index (χ4n) is 1.64. The minimum Gasteiger partial charge on any atom is -0.347 e. The summed E-state index contributed by atoms with van der Waals surface area (Å²) >= 11 is 3.41. The molecule has 1 saturated carbocycles. The van der Waals surface area contributed by atoms with Crippen LogP contribution >= 0.6 is 15.9 Å². The van der Waals surface area contributed by atoms with E-state index in [0.29, 0.717) is 12.6 Å². The molecule has 0 bridgehead atoms. The van der Waals surface area contributed by atoms with Crippen molar-refractivity contribution in [2.75, 3.05) is 6.54 Å². The Morgan fingerprint density at radius 1 is 1.75 bits per heavy atom. The molecule has 5 heteroatoms. The molecule has 3 N–H and O–H groups in total. The number of carbonyl (C=O) groups excluding carboxylic acids is 1. The Labute approximate surface area is 103 Å². The summed E-state index contributed by atoms with van der Waals surface area (Å²) in [6, 6.07) is 2.37. The third-order valence-electron chi connectivity index (χ3n) is 2.72. The first kappa shape index (κ1) is 11.7. The Morgan fingerprint density at radius 2 is 2.44 bits per heavy atom. The second-order valence-electron chi connectivity index (χ2n) is 4.29. The van der Waals surface area contributed by atoms with Crippen LogP contribution in [0.1, 0.15) is 36.3 Å². The molecule has 16 heavy (non-hydrogen) atoms. The number of rotatable bonds is 4. The Morgan fingerprint density at radius 3 is 3.00 bits per heavy atom. The lowest BCUT2D eigenvalue weighted by Crippen LogP contribution is -2.38. The summed E-state index contributed by atoms with van der Waals surface area (Å²) in [6.45, 7) is 2.36. The van der Waals surface area contributed by atoms with Gasteiger partial charge in [0, 0.05) is 29.3 Å². The molecule has 1 aromatic heterocycles. The van der Waals surface area contributed by atoms with Crippen LogP contribution in [0, 0.1) is 0 Å². The van der Waals surface area contributed by atoms with Gasteiger partial charge >= 0.3 is 0 Å². The van der Waals surface area contributed by atoms with Crippen LogP contribution in [0.15, 0.2) is 16.7 Å². The summed E-state index contributed by atoms with van der Waals surface area (Å²) in [7, 11) is 0. The molecule has 1 aromatic rings. The molecule has 1 aliphatic rings. The molecule has 1 fully saturated rings. The summed E-state index contributed by atoms with van der Waals surface area (Å²) in [5.74, 6) is -0.0458. The maximum Gasteiger partial charge on any atom is 0.268 e. The summed E-state index contributed by atoms with van der Waals surface area (Å²) < 4.78 is 2.99. The van der Waals surface area contributed by atoms with Gasteiger partial charge in [-0.2, -0.15) is 0 Å². The first-order valence-corrected chi connectivity index (χ1v) is 6.29. The molecule has 1 amide bonds. The predicted octanol–water partition coefficient (Wildman–Crippen LogP) is 1.66. The predicted molar refractivity (Wildman–Crippen MR) is 66.4 cm³/mol. The normalized spacial score (nSPS) is 17.2. The average Bonchev–Trinajstić information content (AvgIpc) is 3.01. The van der Waals surface area contributed by atoms with E-state index in [9.17, 15) is 4.79 Å². The van der Waals surface area contributed by atoms with Gasteiger partial charge in [0.2, 0.25) is 0 Å². The van der Waals surface area contributed by atoms with Gasteiger partial charge in [-0.3, -0.25) is 4.79 Å². The zero-order valence-electron chi connectivity index (χ0n) is 9.24. The highest BCUT2D eigenvalue weighted by atomic mass is 79.9. The van der Waals surface area contributed by atoms with E-state index in [-0.39, 0.29) is 11.9 Å². The third kappa shape index (κ3) is 2.47. The van der Waals surface area contributed by atoms with Crippen molar-refractivity contribution in [1.29, 1.82) is 0 Å². The van der Waals surface area contributed by atoms with Gasteiger partial charge in [0.1, 0.15) is 5.69 Å². The molecule has 0 aliphatic heterocycles. The van der Waals surface area contributed by atoms with Crippen molar-refractivity contribution >= 4 is 21.8 Å². The fraction of sp³-hybridized carbons (Fsp3) is 0.545. The molecule has 1 aliphatic carbocycles. The third-order valence-corrected chi connectivity index (χ3v) is 3.15. The number of hydrogen-bond acceptors (Lipinski definition) is 2. The fourth-order valence-corrected chi connectivity index (χ4v) is 2.08. The van der Waals surface area contributed by atoms with Crippen molar-refractivity contribution in [3.8, 4) is 0 Å². The number of carbonyl (C=O) groups is 1. The van der Waals surface area contributed by atoms with Gasteiger partial charge < -0.3 is 15.6 Å². The molecule has 0 aromatic carbocycles. The number of hydrogen-bond donors (Lipinski definition) is 2. The molecule has 0 spiro atoms. The molecule has 0 radical (unpaired) electrons. The number of nitrogens with zero attached hydrogens (tertiary/aromatic N) is 1. The molecular weight excluding hydrogens is 270 g/mol. The van der Waals surface area contributed by atoms with Crippen LogP contribution in [0.2, 0.25) is 0 Å². The van der Waals surface area contributed by atoms with Crippen molar-refractivity contribution in [3.05, 3.63) is 22.4 Å². The first-order valence-electron chi connectivity index (χ1n) is 5.50. The molecule has 88 valence electrons. The van der Waals surface area contributed by atoms with E-state index in [2.05, 4.69) is 21.2 Å². The lowest BCUT2D eigenvalue weighted by molar-refractivity contribution is 0.0931. The summed E-state index contributed by atoms with van der Waals surface area (Å²) in [6.07, 6.45) is 4.29. The largest absolute Gasteiger partial charge is 0.347 e. The van der Waals surface area contributed by atoms with Gasteiger partial charge in [-0.25, -0.2) is 0 Å². The van der Waals surface area contributed by atoms with Crippen LogP contribution < -0.4 is 11.1 Å². The SMILES string of the molecule is CC(CN)NC(=O)c1cc(Br)cn1C1CC1. The monoisotopic (exact) mass is 285 g/mol. The van der Waals surface area contributed by atoms with Crippen molar-refractivity contribution in [2.24, 2.45) is 5.73 Å². The van der Waals surface area contributed by atoms with Gasteiger partial charge in [0.15, 0.2) is 0 Å². The second kappa shape index (κ2) is 4.59.